The van der Waals surface area contributed by atoms with Gasteiger partial charge in [-0.2, -0.15) is 0 Å². The summed E-state index contributed by atoms with van der Waals surface area (Å²) in [4.78, 5) is 0. The summed E-state index contributed by atoms with van der Waals surface area (Å²) in [5.41, 5.74) is 2.57. The van der Waals surface area contributed by atoms with Crippen LogP contribution in [0.15, 0.2) is 48.5 Å². The smallest absolute Gasteiger partial charge is 0.125 e. The lowest BCUT2D eigenvalue weighted by Gasteiger charge is -2.31. The van der Waals surface area contributed by atoms with Crippen LogP contribution >= 0.6 is 0 Å². The molecular weight excluding hydrogens is 241 g/mol. The van der Waals surface area contributed by atoms with E-state index in [9.17, 15) is 9.50 Å². The molecule has 98 valence electrons. The zero-order valence-electron chi connectivity index (χ0n) is 10.6. The Bertz CT molecular complexity index is 599. The Morgan fingerprint density at radius 2 is 2.00 bits per heavy atom. The Morgan fingerprint density at radius 1 is 1.16 bits per heavy atom. The molecule has 0 spiro atoms. The molecule has 0 aliphatic heterocycles. The fourth-order valence-electron chi connectivity index (χ4n) is 2.86. The van der Waals surface area contributed by atoms with Crippen molar-refractivity contribution in [1.29, 1.82) is 0 Å². The van der Waals surface area contributed by atoms with E-state index in [2.05, 4.69) is 11.4 Å². The summed E-state index contributed by atoms with van der Waals surface area (Å²) in [6.07, 6.45) is 1.75. The molecule has 2 aromatic rings. The standard InChI is InChI=1S/C16H16FNO/c17-13-5-3-6-14(10-13)18-16(11-19)9-8-12-4-1-2-7-15(12)16/h1-7,10,18-19H,8-9,11H2. The van der Waals surface area contributed by atoms with Gasteiger partial charge in [0.25, 0.3) is 0 Å². The molecule has 0 radical (unpaired) electrons. The molecule has 3 rings (SSSR count). The first kappa shape index (κ1) is 12.2. The maximum atomic E-state index is 13.3. The molecule has 0 heterocycles. The van der Waals surface area contributed by atoms with E-state index in [0.717, 1.165) is 18.4 Å². The molecular formula is C16H16FNO. The lowest BCUT2D eigenvalue weighted by atomic mass is 9.92. The fourth-order valence-corrected chi connectivity index (χ4v) is 2.86. The lowest BCUT2D eigenvalue weighted by molar-refractivity contribution is 0.211. The fraction of sp³-hybridized carbons (Fsp3) is 0.250. The Hall–Kier alpha value is -1.87. The van der Waals surface area contributed by atoms with E-state index in [4.69, 9.17) is 0 Å². The van der Waals surface area contributed by atoms with Gasteiger partial charge in [0.1, 0.15) is 5.82 Å². The van der Waals surface area contributed by atoms with Gasteiger partial charge in [0.15, 0.2) is 0 Å². The number of fused-ring (bicyclic) bond motifs is 1. The largest absolute Gasteiger partial charge is 0.394 e. The third kappa shape index (κ3) is 2.10. The van der Waals surface area contributed by atoms with Crippen molar-refractivity contribution in [3.63, 3.8) is 0 Å². The Balaban J connectivity index is 1.98. The molecule has 1 unspecified atom stereocenters. The number of rotatable bonds is 3. The third-order valence-corrected chi connectivity index (χ3v) is 3.83. The zero-order valence-corrected chi connectivity index (χ0v) is 10.6. The summed E-state index contributed by atoms with van der Waals surface area (Å²) in [6.45, 7) is 0.000522. The molecule has 1 aliphatic rings. The van der Waals surface area contributed by atoms with Crippen LogP contribution in [0.25, 0.3) is 0 Å². The summed E-state index contributed by atoms with van der Waals surface area (Å²) < 4.78 is 13.3. The Morgan fingerprint density at radius 3 is 2.79 bits per heavy atom. The number of hydrogen-bond acceptors (Lipinski definition) is 2. The molecule has 0 amide bonds. The van der Waals surface area contributed by atoms with E-state index in [0.29, 0.717) is 5.69 Å². The summed E-state index contributed by atoms with van der Waals surface area (Å²) in [5, 5.41) is 13.1. The average Bonchev–Trinajstić information content (AvgIpc) is 2.79. The predicted octanol–water partition coefficient (Wildman–Crippen LogP) is 3.07. The summed E-state index contributed by atoms with van der Waals surface area (Å²) in [5.74, 6) is -0.274. The molecule has 1 atom stereocenters. The van der Waals surface area contributed by atoms with E-state index in [1.54, 1.807) is 6.07 Å². The van der Waals surface area contributed by atoms with Crippen LogP contribution in [0.4, 0.5) is 10.1 Å². The van der Waals surface area contributed by atoms with Crippen LogP contribution < -0.4 is 5.32 Å². The second-order valence-electron chi connectivity index (χ2n) is 5.03. The van der Waals surface area contributed by atoms with Crippen molar-refractivity contribution >= 4 is 5.69 Å². The summed E-state index contributed by atoms with van der Waals surface area (Å²) in [7, 11) is 0. The van der Waals surface area contributed by atoms with E-state index < -0.39 is 5.54 Å². The topological polar surface area (TPSA) is 32.3 Å². The Labute approximate surface area is 111 Å². The van der Waals surface area contributed by atoms with Crippen LogP contribution in [0, 0.1) is 5.82 Å². The molecule has 1 aliphatic carbocycles. The second kappa shape index (κ2) is 4.67. The van der Waals surface area contributed by atoms with Gasteiger partial charge >= 0.3 is 0 Å². The SMILES string of the molecule is OCC1(Nc2cccc(F)c2)CCc2ccccc21. The highest BCUT2D eigenvalue weighted by Crippen LogP contribution is 2.39. The summed E-state index contributed by atoms with van der Waals surface area (Å²) >= 11 is 0. The first-order valence-corrected chi connectivity index (χ1v) is 6.46. The molecule has 19 heavy (non-hydrogen) atoms. The minimum absolute atomic E-state index is 0.000522. The van der Waals surface area contributed by atoms with Gasteiger partial charge in [-0.3, -0.25) is 0 Å². The lowest BCUT2D eigenvalue weighted by Crippen LogP contribution is -2.36. The molecule has 2 aromatic carbocycles. The number of aryl methyl sites for hydroxylation is 1. The Kier molecular flexibility index (Phi) is 2.99. The second-order valence-corrected chi connectivity index (χ2v) is 5.03. The predicted molar refractivity (Wildman–Crippen MR) is 73.5 cm³/mol. The van der Waals surface area contributed by atoms with Gasteiger partial charge in [0.2, 0.25) is 0 Å². The molecule has 0 saturated carbocycles. The van der Waals surface area contributed by atoms with Crippen molar-refractivity contribution in [2.75, 3.05) is 11.9 Å². The molecule has 3 heteroatoms. The normalized spacial score (nSPS) is 21.2. The number of nitrogens with one attached hydrogen (secondary N) is 1. The van der Waals surface area contributed by atoms with E-state index in [1.807, 2.05) is 24.3 Å². The number of hydrogen-bond donors (Lipinski definition) is 2. The van der Waals surface area contributed by atoms with Gasteiger partial charge in [-0.15, -0.1) is 0 Å². The minimum atomic E-state index is -0.496. The zero-order chi connectivity index (χ0) is 13.3. The average molecular weight is 257 g/mol. The highest BCUT2D eigenvalue weighted by atomic mass is 19.1. The maximum absolute atomic E-state index is 13.3. The number of aliphatic hydroxyl groups is 1. The number of anilines is 1. The van der Waals surface area contributed by atoms with E-state index in [1.165, 1.54) is 17.7 Å². The van der Waals surface area contributed by atoms with Crippen LogP contribution in [0.3, 0.4) is 0 Å². The first-order chi connectivity index (χ1) is 9.23. The highest BCUT2D eigenvalue weighted by Gasteiger charge is 2.37. The van der Waals surface area contributed by atoms with Crippen molar-refractivity contribution in [1.82, 2.24) is 0 Å². The quantitative estimate of drug-likeness (QED) is 0.885. The van der Waals surface area contributed by atoms with Crippen molar-refractivity contribution in [3.8, 4) is 0 Å². The third-order valence-electron chi connectivity index (χ3n) is 3.83. The molecule has 0 saturated heterocycles. The van der Waals surface area contributed by atoms with Gasteiger partial charge in [-0.1, -0.05) is 30.3 Å². The molecule has 0 bridgehead atoms. The number of aliphatic hydroxyl groups excluding tert-OH is 1. The maximum Gasteiger partial charge on any atom is 0.125 e. The van der Waals surface area contributed by atoms with Crippen LogP contribution in [0.1, 0.15) is 17.5 Å². The monoisotopic (exact) mass is 257 g/mol. The van der Waals surface area contributed by atoms with Gasteiger partial charge in [0, 0.05) is 5.69 Å². The highest BCUT2D eigenvalue weighted by molar-refractivity contribution is 5.51. The molecule has 0 fully saturated rings. The van der Waals surface area contributed by atoms with Crippen molar-refractivity contribution in [3.05, 3.63) is 65.5 Å². The van der Waals surface area contributed by atoms with Crippen LogP contribution in [-0.2, 0) is 12.0 Å². The van der Waals surface area contributed by atoms with Gasteiger partial charge in [0.05, 0.1) is 12.1 Å². The molecule has 2 nitrogen and oxygen atoms in total. The number of halogens is 1. The van der Waals surface area contributed by atoms with Crippen LogP contribution in [0.5, 0.6) is 0 Å². The van der Waals surface area contributed by atoms with Gasteiger partial charge < -0.3 is 10.4 Å². The van der Waals surface area contributed by atoms with E-state index in [-0.39, 0.29) is 12.4 Å². The number of benzene rings is 2. The first-order valence-electron chi connectivity index (χ1n) is 6.46. The van der Waals surface area contributed by atoms with Crippen molar-refractivity contribution in [2.45, 2.75) is 18.4 Å². The van der Waals surface area contributed by atoms with Crippen LogP contribution in [0.2, 0.25) is 0 Å². The summed E-state index contributed by atoms with van der Waals surface area (Å²) in [6, 6.07) is 14.5. The minimum Gasteiger partial charge on any atom is -0.394 e. The van der Waals surface area contributed by atoms with Gasteiger partial charge in [-0.05, 0) is 42.2 Å². The van der Waals surface area contributed by atoms with Crippen molar-refractivity contribution < 1.29 is 9.50 Å². The van der Waals surface area contributed by atoms with Crippen LogP contribution in [-0.4, -0.2) is 11.7 Å². The molecule has 0 aromatic heterocycles. The molecule has 2 N–H and O–H groups in total. The van der Waals surface area contributed by atoms with Crippen molar-refractivity contribution in [2.24, 2.45) is 0 Å². The van der Waals surface area contributed by atoms with E-state index >= 15 is 0 Å². The van der Waals surface area contributed by atoms with Gasteiger partial charge in [-0.25, -0.2) is 4.39 Å².